The number of hydrogen-bond donors (Lipinski definition) is 1. The molecule has 2 aromatic carbocycles. The van der Waals surface area contributed by atoms with Crippen LogP contribution in [0.5, 0.6) is 5.75 Å². The van der Waals surface area contributed by atoms with Crippen molar-refractivity contribution in [3.63, 3.8) is 0 Å². The Labute approximate surface area is 179 Å². The first-order chi connectivity index (χ1) is 14.5. The second-order valence-electron chi connectivity index (χ2n) is 7.16. The zero-order chi connectivity index (χ0) is 21.3. The molecule has 7 heteroatoms. The van der Waals surface area contributed by atoms with Gasteiger partial charge in [0.2, 0.25) is 0 Å². The van der Waals surface area contributed by atoms with E-state index in [4.69, 9.17) is 21.1 Å². The maximum Gasteiger partial charge on any atom is 0.339 e. The van der Waals surface area contributed by atoms with Crippen LogP contribution in [-0.2, 0) is 22.4 Å². The number of para-hydroxylation sites is 1. The predicted octanol–water partition coefficient (Wildman–Crippen LogP) is 4.57. The Morgan fingerprint density at radius 1 is 1.17 bits per heavy atom. The molecule has 1 amide bonds. The Bertz CT molecular complexity index is 1150. The first-order valence-corrected chi connectivity index (χ1v) is 10.1. The monoisotopic (exact) mass is 424 g/mol. The Kier molecular flexibility index (Phi) is 5.59. The smallest absolute Gasteiger partial charge is 0.339 e. The van der Waals surface area contributed by atoms with Gasteiger partial charge in [-0.05, 0) is 56.0 Å². The van der Waals surface area contributed by atoms with Crippen LogP contribution >= 0.6 is 11.6 Å². The van der Waals surface area contributed by atoms with E-state index in [9.17, 15) is 9.59 Å². The second kappa shape index (κ2) is 8.32. The molecule has 30 heavy (non-hydrogen) atoms. The fourth-order valence-corrected chi connectivity index (χ4v) is 3.90. The third-order valence-electron chi connectivity index (χ3n) is 5.20. The average molecular weight is 425 g/mol. The molecule has 0 radical (unpaired) electrons. The van der Waals surface area contributed by atoms with Crippen LogP contribution < -0.4 is 10.1 Å². The average Bonchev–Trinajstić information content (AvgIpc) is 3.19. The van der Waals surface area contributed by atoms with E-state index < -0.39 is 18.0 Å². The van der Waals surface area contributed by atoms with Crippen LogP contribution in [0.15, 0.2) is 42.5 Å². The lowest BCUT2D eigenvalue weighted by molar-refractivity contribution is -0.123. The standard InChI is InChI=1S/C23H21ClN2O4/c1-13(22(27)26-19-12-14(24)10-11-20(19)29-2)30-23(28)21-15-6-3-4-8-17(15)25-18-9-5-7-16(18)21/h3-4,6,8,10-13H,5,7,9H2,1-2H3,(H,26,27). The number of anilines is 1. The Morgan fingerprint density at radius 3 is 2.77 bits per heavy atom. The van der Waals surface area contributed by atoms with Gasteiger partial charge in [0.1, 0.15) is 5.75 Å². The first-order valence-electron chi connectivity index (χ1n) is 9.74. The predicted molar refractivity (Wildman–Crippen MR) is 115 cm³/mol. The number of ether oxygens (including phenoxy) is 2. The number of carbonyl (C=O) groups excluding carboxylic acids is 2. The van der Waals surface area contributed by atoms with Crippen molar-refractivity contribution in [3.8, 4) is 5.75 Å². The molecule has 0 fully saturated rings. The summed E-state index contributed by atoms with van der Waals surface area (Å²) in [7, 11) is 1.50. The molecule has 1 aliphatic rings. The lowest BCUT2D eigenvalue weighted by Crippen LogP contribution is -2.30. The van der Waals surface area contributed by atoms with Crippen LogP contribution in [0.1, 0.15) is 35.0 Å². The Hall–Kier alpha value is -3.12. The molecule has 3 aromatic rings. The van der Waals surface area contributed by atoms with Crippen molar-refractivity contribution in [2.45, 2.75) is 32.3 Å². The number of rotatable bonds is 5. The van der Waals surface area contributed by atoms with Gasteiger partial charge in [-0.1, -0.05) is 29.8 Å². The number of pyridine rings is 1. The third kappa shape index (κ3) is 3.83. The summed E-state index contributed by atoms with van der Waals surface area (Å²) in [4.78, 5) is 30.4. The summed E-state index contributed by atoms with van der Waals surface area (Å²) >= 11 is 6.01. The van der Waals surface area contributed by atoms with E-state index in [1.807, 2.05) is 24.3 Å². The number of nitrogens with one attached hydrogen (secondary N) is 1. The zero-order valence-corrected chi connectivity index (χ0v) is 17.5. The van der Waals surface area contributed by atoms with Gasteiger partial charge in [-0.15, -0.1) is 0 Å². The van der Waals surface area contributed by atoms with Gasteiger partial charge in [0.25, 0.3) is 5.91 Å². The first kappa shape index (κ1) is 20.2. The van der Waals surface area contributed by atoms with E-state index in [2.05, 4.69) is 10.3 Å². The SMILES string of the molecule is COc1ccc(Cl)cc1NC(=O)C(C)OC(=O)c1c2c(nc3ccccc13)CCC2. The van der Waals surface area contributed by atoms with Gasteiger partial charge < -0.3 is 14.8 Å². The molecule has 0 bridgehead atoms. The van der Waals surface area contributed by atoms with Crippen molar-refractivity contribution in [2.75, 3.05) is 12.4 Å². The van der Waals surface area contributed by atoms with Gasteiger partial charge >= 0.3 is 5.97 Å². The van der Waals surface area contributed by atoms with Crippen molar-refractivity contribution in [1.29, 1.82) is 0 Å². The second-order valence-corrected chi connectivity index (χ2v) is 7.60. The summed E-state index contributed by atoms with van der Waals surface area (Å²) in [6.07, 6.45) is 1.55. The minimum Gasteiger partial charge on any atom is -0.495 e. The quantitative estimate of drug-likeness (QED) is 0.607. The molecule has 0 spiro atoms. The normalized spacial score (nSPS) is 13.6. The third-order valence-corrected chi connectivity index (χ3v) is 5.43. The fraction of sp³-hybridized carbons (Fsp3) is 0.261. The summed E-state index contributed by atoms with van der Waals surface area (Å²) in [5, 5.41) is 3.91. The Balaban J connectivity index is 1.58. The molecule has 0 saturated carbocycles. The molecule has 0 aliphatic heterocycles. The summed E-state index contributed by atoms with van der Waals surface area (Å²) in [6, 6.07) is 12.4. The molecule has 4 rings (SSSR count). The molecule has 1 atom stereocenters. The van der Waals surface area contributed by atoms with Crippen LogP contribution in [0.25, 0.3) is 10.9 Å². The molecule has 6 nitrogen and oxygen atoms in total. The van der Waals surface area contributed by atoms with Gasteiger partial charge in [-0.25, -0.2) is 4.79 Å². The van der Waals surface area contributed by atoms with Gasteiger partial charge in [0.15, 0.2) is 6.10 Å². The van der Waals surface area contributed by atoms with Crippen molar-refractivity contribution in [1.82, 2.24) is 4.98 Å². The van der Waals surface area contributed by atoms with Crippen molar-refractivity contribution >= 4 is 40.1 Å². The molecule has 1 heterocycles. The van der Waals surface area contributed by atoms with E-state index >= 15 is 0 Å². The van der Waals surface area contributed by atoms with E-state index in [1.165, 1.54) is 14.0 Å². The lowest BCUT2D eigenvalue weighted by Gasteiger charge is -2.17. The molecule has 0 saturated heterocycles. The van der Waals surface area contributed by atoms with Crippen molar-refractivity contribution < 1.29 is 19.1 Å². The van der Waals surface area contributed by atoms with Gasteiger partial charge in [-0.2, -0.15) is 0 Å². The fourth-order valence-electron chi connectivity index (χ4n) is 3.73. The van der Waals surface area contributed by atoms with Crippen molar-refractivity contribution in [2.24, 2.45) is 0 Å². The molecule has 1 aliphatic carbocycles. The number of amides is 1. The molecule has 1 aromatic heterocycles. The largest absolute Gasteiger partial charge is 0.495 e. The highest BCUT2D eigenvalue weighted by Gasteiger charge is 2.27. The number of methoxy groups -OCH3 is 1. The highest BCUT2D eigenvalue weighted by atomic mass is 35.5. The zero-order valence-electron chi connectivity index (χ0n) is 16.7. The van der Waals surface area contributed by atoms with Crippen LogP contribution in [0.2, 0.25) is 5.02 Å². The highest BCUT2D eigenvalue weighted by molar-refractivity contribution is 6.31. The summed E-state index contributed by atoms with van der Waals surface area (Å²) in [5.74, 6) is -0.532. The highest BCUT2D eigenvalue weighted by Crippen LogP contribution is 2.31. The molecule has 1 N–H and O–H groups in total. The number of esters is 1. The van der Waals surface area contributed by atoms with Crippen molar-refractivity contribution in [3.05, 3.63) is 64.3 Å². The Morgan fingerprint density at radius 2 is 1.97 bits per heavy atom. The van der Waals surface area contributed by atoms with Crippen LogP contribution in [0.4, 0.5) is 5.69 Å². The summed E-state index contributed by atoms with van der Waals surface area (Å²) in [5.41, 5.74) is 3.52. The van der Waals surface area contributed by atoms with E-state index in [0.29, 0.717) is 22.0 Å². The van der Waals surface area contributed by atoms with Crippen LogP contribution in [0.3, 0.4) is 0 Å². The topological polar surface area (TPSA) is 77.5 Å². The van der Waals surface area contributed by atoms with Gasteiger partial charge in [0.05, 0.1) is 23.9 Å². The molecular weight excluding hydrogens is 404 g/mol. The molecule has 1 unspecified atom stereocenters. The van der Waals surface area contributed by atoms with Crippen LogP contribution in [0, 0.1) is 0 Å². The minimum atomic E-state index is -1.01. The van der Waals surface area contributed by atoms with E-state index in [-0.39, 0.29) is 0 Å². The maximum atomic E-state index is 13.1. The number of benzene rings is 2. The van der Waals surface area contributed by atoms with Gasteiger partial charge in [0, 0.05) is 16.1 Å². The van der Waals surface area contributed by atoms with E-state index in [0.717, 1.165) is 41.4 Å². The molecular formula is C23H21ClN2O4. The maximum absolute atomic E-state index is 13.1. The number of fused-ring (bicyclic) bond motifs is 2. The number of carbonyl (C=O) groups is 2. The summed E-state index contributed by atoms with van der Waals surface area (Å²) in [6.45, 7) is 1.54. The number of aromatic nitrogens is 1. The minimum absolute atomic E-state index is 0.410. The number of hydrogen-bond acceptors (Lipinski definition) is 5. The van der Waals surface area contributed by atoms with Crippen LogP contribution in [-0.4, -0.2) is 30.1 Å². The van der Waals surface area contributed by atoms with E-state index in [1.54, 1.807) is 18.2 Å². The number of aryl methyl sites for hydroxylation is 1. The number of halogens is 1. The number of nitrogens with zero attached hydrogens (tertiary/aromatic N) is 1. The lowest BCUT2D eigenvalue weighted by atomic mass is 10.0. The molecule has 154 valence electrons. The summed E-state index contributed by atoms with van der Waals surface area (Å²) < 4.78 is 10.8. The van der Waals surface area contributed by atoms with Gasteiger partial charge in [-0.3, -0.25) is 9.78 Å².